The number of nitrogens with zero attached hydrogens (tertiary/aromatic N) is 6. The van der Waals surface area contributed by atoms with Crippen molar-refractivity contribution in [2.75, 3.05) is 4.90 Å². The number of nitro benzene ring substituents is 1. The maximum Gasteiger partial charge on any atom is 2.00 e. The van der Waals surface area contributed by atoms with Gasteiger partial charge in [0.25, 0.3) is 5.69 Å². The molecule has 0 amide bonds. The van der Waals surface area contributed by atoms with Crippen LogP contribution in [-0.4, -0.2) is 26.0 Å². The van der Waals surface area contributed by atoms with Gasteiger partial charge in [-0.2, -0.15) is 0 Å². The summed E-state index contributed by atoms with van der Waals surface area (Å²) >= 11 is 0. The molecule has 3 aromatic heterocycles. The average Bonchev–Trinajstić information content (AvgIpc) is 1.50. The largest absolute Gasteiger partial charge is 2.00 e. The summed E-state index contributed by atoms with van der Waals surface area (Å²) in [6.45, 7) is 31.4. The van der Waals surface area contributed by atoms with Gasteiger partial charge in [0, 0.05) is 28.6 Å². The molecule has 2 aliphatic heterocycles. The Labute approximate surface area is 558 Å². The summed E-state index contributed by atoms with van der Waals surface area (Å²) in [5.74, 6) is 5.15. The van der Waals surface area contributed by atoms with Gasteiger partial charge < -0.3 is 20.0 Å². The van der Waals surface area contributed by atoms with Gasteiger partial charge in [-0.15, -0.1) is 22.1 Å². The fraction of sp³-hybridized carbons (Fsp3) is 0.346. The summed E-state index contributed by atoms with van der Waals surface area (Å²) in [5, 5.41) is 22.2. The second-order valence-electron chi connectivity index (χ2n) is 28.8. The number of carboxylic acids is 1. The van der Waals surface area contributed by atoms with Gasteiger partial charge in [-0.25, -0.2) is 14.8 Å². The zero-order valence-electron chi connectivity index (χ0n) is 56.6. The second kappa shape index (κ2) is 27.8. The fourth-order valence-electron chi connectivity index (χ4n) is 11.9. The van der Waals surface area contributed by atoms with E-state index >= 15 is 0 Å². The smallest absolute Gasteiger partial charge is 0.656 e. The molecule has 92 heavy (non-hydrogen) atoms. The van der Waals surface area contributed by atoms with Crippen LogP contribution in [-0.2, 0) is 54.0 Å². The first-order valence-corrected chi connectivity index (χ1v) is 32.6. The van der Waals surface area contributed by atoms with Crippen LogP contribution in [0.25, 0.3) is 68.6 Å². The standard InChI is InChI=1S/C81H89N6O4.Zn/c1-15-17-19-21-23-52-25-31-61(32-26-52)86(62-33-27-53(28-34-62)24-22-20-18-16-2)76-71-43-41-69(84-71)74(55-46-57(78(3,4)5)50-58(47-55)79(6,7)8)67-39-37-65(82-67)63(35-29-54-30-36-64(77(88)89)73(45-54)87(90)91)66-38-40-68(83-66)75(70-42-44-72(76)85-70)56-48-59(80(9,10)11)51-60(49-56)81(12,13)14;/h25-28,30-34,36-51H,15-24H2,1-14H3,(H2-,82,83,84,85,88,89);/q-1;+2/p-1. The number of nitro groups is 1. The second-order valence-corrected chi connectivity index (χ2v) is 28.8. The van der Waals surface area contributed by atoms with E-state index in [0.29, 0.717) is 28.0 Å². The molecule has 10 rings (SSSR count). The molecule has 1 N–H and O–H groups in total. The van der Waals surface area contributed by atoms with Gasteiger partial charge in [0.15, 0.2) is 0 Å². The van der Waals surface area contributed by atoms with Crippen molar-refractivity contribution in [3.8, 4) is 34.1 Å². The third-order valence-corrected chi connectivity index (χ3v) is 17.5. The molecule has 8 bridgehead atoms. The van der Waals surface area contributed by atoms with Crippen molar-refractivity contribution in [3.63, 3.8) is 0 Å². The van der Waals surface area contributed by atoms with E-state index < -0.39 is 22.1 Å². The number of hydrogen-bond acceptors (Lipinski definition) is 6. The van der Waals surface area contributed by atoms with Crippen molar-refractivity contribution in [1.29, 1.82) is 0 Å². The number of aromatic nitrogens is 4. The van der Waals surface area contributed by atoms with Gasteiger partial charge in [0.2, 0.25) is 0 Å². The molecule has 11 heteroatoms. The van der Waals surface area contributed by atoms with Crippen molar-refractivity contribution in [3.05, 3.63) is 210 Å². The number of hydrogen-bond donors (Lipinski definition) is 1. The van der Waals surface area contributed by atoms with E-state index in [1.54, 1.807) is 0 Å². The van der Waals surface area contributed by atoms with E-state index in [-0.39, 0.29) is 46.7 Å². The number of rotatable bonds is 17. The van der Waals surface area contributed by atoms with E-state index in [1.807, 2.05) is 24.3 Å². The minimum absolute atomic E-state index is 0. The Hall–Kier alpha value is -8.45. The van der Waals surface area contributed by atoms with Crippen LogP contribution < -0.4 is 14.9 Å². The number of unbranched alkanes of at least 4 members (excludes halogenated alkanes) is 6. The number of anilines is 3. The number of fused-ring (bicyclic) bond motifs is 8. The van der Waals surface area contributed by atoms with Crippen molar-refractivity contribution >= 4 is 75.1 Å². The first kappa shape index (κ1) is 67.9. The van der Waals surface area contributed by atoms with Crippen LogP contribution in [0.15, 0.2) is 127 Å². The van der Waals surface area contributed by atoms with Crippen LogP contribution in [0.2, 0.25) is 0 Å². The third kappa shape index (κ3) is 15.4. The van der Waals surface area contributed by atoms with E-state index in [4.69, 9.17) is 19.9 Å². The molecular weight excluding hydrogens is 1190 g/mol. The van der Waals surface area contributed by atoms with Crippen molar-refractivity contribution in [2.45, 2.75) is 183 Å². The minimum atomic E-state index is -1.40. The number of benzene rings is 5. The summed E-state index contributed by atoms with van der Waals surface area (Å²) in [5.41, 5.74) is 17.9. The third-order valence-electron chi connectivity index (χ3n) is 17.5. The molecule has 0 radical (unpaired) electrons. The van der Waals surface area contributed by atoms with E-state index in [1.165, 1.54) is 90.1 Å². The predicted octanol–water partition coefficient (Wildman–Crippen LogP) is 21.2. The Morgan fingerprint density at radius 1 is 0.500 bits per heavy atom. The minimum Gasteiger partial charge on any atom is -0.656 e. The zero-order valence-corrected chi connectivity index (χ0v) is 59.5. The van der Waals surface area contributed by atoms with E-state index in [9.17, 15) is 20.0 Å². The molecule has 5 aromatic carbocycles. The van der Waals surface area contributed by atoms with E-state index in [0.717, 1.165) is 87.4 Å². The number of aromatic carboxylic acids is 1. The van der Waals surface area contributed by atoms with Crippen LogP contribution in [0.3, 0.4) is 0 Å². The van der Waals surface area contributed by atoms with Gasteiger partial charge in [0.05, 0.1) is 33.4 Å². The molecule has 0 saturated heterocycles. The van der Waals surface area contributed by atoms with Gasteiger partial charge in [0.1, 0.15) is 5.56 Å². The average molecular weight is 1280 g/mol. The molecular formula is C81H88N6O4Zn. The van der Waals surface area contributed by atoms with Gasteiger partial charge in [-0.1, -0.05) is 232 Å². The van der Waals surface area contributed by atoms with Crippen LogP contribution in [0.5, 0.6) is 0 Å². The molecule has 0 atom stereocenters. The Morgan fingerprint density at radius 3 is 1.35 bits per heavy atom. The topological polar surface area (TPSA) is 138 Å². The normalized spacial score (nSPS) is 12.4. The van der Waals surface area contributed by atoms with Crippen molar-refractivity contribution < 1.29 is 34.3 Å². The number of carboxylic acid groups (broad SMARTS) is 1. The molecule has 0 aliphatic carbocycles. The summed E-state index contributed by atoms with van der Waals surface area (Å²) in [7, 11) is 0. The maximum absolute atomic E-state index is 12.3. The molecule has 0 fully saturated rings. The van der Waals surface area contributed by atoms with Crippen molar-refractivity contribution in [2.24, 2.45) is 0 Å². The molecule has 0 unspecified atom stereocenters. The fourth-order valence-corrected chi connectivity index (χ4v) is 11.9. The number of aryl methyl sites for hydroxylation is 2. The van der Waals surface area contributed by atoms with Gasteiger partial charge in [-0.3, -0.25) is 10.1 Å². The maximum atomic E-state index is 12.3. The van der Waals surface area contributed by atoms with Gasteiger partial charge >= 0.3 is 25.4 Å². The Balaban J connectivity index is 0.00001000. The van der Waals surface area contributed by atoms with E-state index in [2.05, 4.69) is 223 Å². The van der Waals surface area contributed by atoms with Gasteiger partial charge in [-0.05, 0) is 164 Å². The quantitative estimate of drug-likeness (QED) is 0.0310. The zero-order chi connectivity index (χ0) is 65.2. The Bertz CT molecular complexity index is 4180. The first-order valence-electron chi connectivity index (χ1n) is 32.6. The summed E-state index contributed by atoms with van der Waals surface area (Å²) in [6, 6.07) is 44.1. The molecule has 2 aliphatic rings. The molecule has 8 aromatic rings. The SMILES string of the molecule is CCCCCCc1ccc(N(c2ccc(CCCCCC)cc2)c2c3nc(c(-c4cc(C(C)(C)C)cc(C(C)(C)C)c4)c4ccc([n-]4)c(C#Cc4ccc(C(=O)O)c([N+](=O)[O-])c4)c4nc(c(-c5cc(C(C)(C)C)cc(C(C)(C)C)c5)c5ccc2[n-]5)C=C4)C=C3)cc1.[Zn+2]. The molecule has 5 heterocycles. The number of carbonyl (C=O) groups is 1. The van der Waals surface area contributed by atoms with Crippen LogP contribution in [0.1, 0.15) is 226 Å². The summed E-state index contributed by atoms with van der Waals surface area (Å²) in [6.07, 6.45) is 19.8. The van der Waals surface area contributed by atoms with Crippen LogP contribution in [0, 0.1) is 22.0 Å². The van der Waals surface area contributed by atoms with Crippen LogP contribution >= 0.6 is 0 Å². The summed E-state index contributed by atoms with van der Waals surface area (Å²) < 4.78 is 0. The molecule has 0 saturated carbocycles. The van der Waals surface area contributed by atoms with Crippen LogP contribution in [0.4, 0.5) is 22.7 Å². The summed E-state index contributed by atoms with van der Waals surface area (Å²) in [4.78, 5) is 48.8. The van der Waals surface area contributed by atoms with Crippen molar-refractivity contribution in [1.82, 2.24) is 19.9 Å². The first-order chi connectivity index (χ1) is 43.2. The predicted molar refractivity (Wildman–Crippen MR) is 379 cm³/mol. The molecule has 468 valence electrons. The Morgan fingerprint density at radius 2 is 0.913 bits per heavy atom. The molecule has 10 nitrogen and oxygen atoms in total. The molecule has 0 spiro atoms. The monoisotopic (exact) mass is 1270 g/mol. The Kier molecular flexibility index (Phi) is 20.5.